The van der Waals surface area contributed by atoms with Crippen LogP contribution < -0.4 is 5.32 Å². The second-order valence-electron chi connectivity index (χ2n) is 5.49. The van der Waals surface area contributed by atoms with Gasteiger partial charge in [-0.15, -0.1) is 10.2 Å². The van der Waals surface area contributed by atoms with E-state index in [1.165, 1.54) is 18.3 Å². The van der Waals surface area contributed by atoms with E-state index in [-0.39, 0.29) is 5.78 Å². The number of fused-ring (bicyclic) bond motifs is 1. The van der Waals surface area contributed by atoms with Crippen LogP contribution in [0.5, 0.6) is 0 Å². The van der Waals surface area contributed by atoms with E-state index >= 15 is 0 Å². The van der Waals surface area contributed by atoms with E-state index in [1.54, 1.807) is 24.5 Å². The van der Waals surface area contributed by atoms with Crippen molar-refractivity contribution >= 4 is 45.8 Å². The van der Waals surface area contributed by atoms with Crippen LogP contribution in [-0.2, 0) is 6.54 Å². The summed E-state index contributed by atoms with van der Waals surface area (Å²) in [6, 6.07) is 7.43. The van der Waals surface area contributed by atoms with E-state index in [4.69, 9.17) is 11.6 Å². The Bertz CT molecular complexity index is 1010. The molecule has 3 aromatic rings. The third-order valence-corrected chi connectivity index (χ3v) is 5.08. The van der Waals surface area contributed by atoms with E-state index in [0.29, 0.717) is 27.4 Å². The van der Waals surface area contributed by atoms with Crippen molar-refractivity contribution in [2.75, 3.05) is 5.32 Å². The smallest absolute Gasteiger partial charge is 0.210 e. The van der Waals surface area contributed by atoms with Gasteiger partial charge in [0.15, 0.2) is 5.78 Å². The number of aromatic nitrogens is 3. The van der Waals surface area contributed by atoms with Gasteiger partial charge in [0.1, 0.15) is 10.7 Å². The van der Waals surface area contributed by atoms with Gasteiger partial charge in [0.2, 0.25) is 5.13 Å². The van der Waals surface area contributed by atoms with Gasteiger partial charge in [0.25, 0.3) is 0 Å². The van der Waals surface area contributed by atoms with Crippen LogP contribution in [0.2, 0.25) is 5.02 Å². The van der Waals surface area contributed by atoms with Gasteiger partial charge in [-0.3, -0.25) is 14.8 Å². The second-order valence-corrected chi connectivity index (χ2v) is 6.85. The highest BCUT2D eigenvalue weighted by molar-refractivity contribution is 7.18. The lowest BCUT2D eigenvalue weighted by atomic mass is 10.1. The maximum atomic E-state index is 11.5. The first kappa shape index (κ1) is 15.9. The fraction of sp³-hybridized carbons (Fsp3) is 0.118. The maximum absolute atomic E-state index is 11.5. The molecule has 6 nitrogen and oxygen atoms in total. The van der Waals surface area contributed by atoms with Gasteiger partial charge in [-0.05, 0) is 23.8 Å². The maximum Gasteiger partial charge on any atom is 0.210 e. The van der Waals surface area contributed by atoms with E-state index in [0.717, 1.165) is 22.4 Å². The summed E-state index contributed by atoms with van der Waals surface area (Å²) >= 11 is 7.82. The van der Waals surface area contributed by atoms with E-state index in [2.05, 4.69) is 25.5 Å². The Balaban J connectivity index is 1.61. The van der Waals surface area contributed by atoms with Crippen molar-refractivity contribution in [3.63, 3.8) is 0 Å². The van der Waals surface area contributed by atoms with Crippen LogP contribution in [0.15, 0.2) is 35.5 Å². The molecule has 0 atom stereocenters. The molecule has 0 aliphatic carbocycles. The number of anilines is 2. The summed E-state index contributed by atoms with van der Waals surface area (Å²) in [7, 11) is 0. The molecule has 1 aliphatic rings. The fourth-order valence-electron chi connectivity index (χ4n) is 2.50. The molecule has 25 heavy (non-hydrogen) atoms. The number of Topliss-reactive ketones (excluding diaryl/α,β-unsaturated/α-hetero) is 1. The lowest BCUT2D eigenvalue weighted by molar-refractivity contribution is 0.101. The normalized spacial score (nSPS) is 12.2. The van der Waals surface area contributed by atoms with Crippen molar-refractivity contribution in [1.29, 1.82) is 0 Å². The summed E-state index contributed by atoms with van der Waals surface area (Å²) in [6.07, 6.45) is 3.38. The molecule has 1 N–H and O–H groups in total. The minimum Gasteiger partial charge on any atom is -0.329 e. The molecular formula is C17H12ClN5OS. The topological polar surface area (TPSA) is 80.1 Å². The van der Waals surface area contributed by atoms with Gasteiger partial charge < -0.3 is 5.32 Å². The van der Waals surface area contributed by atoms with Crippen LogP contribution in [-0.4, -0.2) is 27.2 Å². The van der Waals surface area contributed by atoms with Crippen molar-refractivity contribution in [2.24, 2.45) is 4.99 Å². The number of nitrogens with one attached hydrogen (secondary N) is 1. The molecule has 0 saturated carbocycles. The quantitative estimate of drug-likeness (QED) is 0.699. The molecule has 0 spiro atoms. The molecule has 0 fully saturated rings. The standard InChI is InChI=1S/C17H12ClN5OS/c1-9(24)14-6-10(4-5-20-14)16-22-23-17(25-16)21-13-3-2-11-7-19-8-12(11)15(13)18/h2-6,8H,7H2,1H3,(H,21,23). The number of hydrogen-bond acceptors (Lipinski definition) is 7. The van der Waals surface area contributed by atoms with Gasteiger partial charge in [0, 0.05) is 30.5 Å². The molecule has 124 valence electrons. The third kappa shape index (κ3) is 3.04. The summed E-state index contributed by atoms with van der Waals surface area (Å²) in [5.74, 6) is -0.0868. The predicted octanol–water partition coefficient (Wildman–Crippen LogP) is 4.13. The zero-order chi connectivity index (χ0) is 17.4. The van der Waals surface area contributed by atoms with Crippen LogP contribution in [0.1, 0.15) is 28.5 Å². The first-order chi connectivity index (χ1) is 12.1. The number of pyridine rings is 1. The summed E-state index contributed by atoms with van der Waals surface area (Å²) in [6.45, 7) is 2.15. The molecule has 0 amide bonds. The van der Waals surface area contributed by atoms with Gasteiger partial charge in [-0.2, -0.15) is 0 Å². The fourth-order valence-corrected chi connectivity index (χ4v) is 3.54. The van der Waals surface area contributed by atoms with Crippen LogP contribution in [0.25, 0.3) is 10.6 Å². The van der Waals surface area contributed by atoms with Crippen molar-refractivity contribution in [1.82, 2.24) is 15.2 Å². The van der Waals surface area contributed by atoms with Crippen molar-refractivity contribution in [2.45, 2.75) is 13.5 Å². The number of carbonyl (C=O) groups excluding carboxylic acids is 1. The monoisotopic (exact) mass is 369 g/mol. The molecule has 0 bridgehead atoms. The van der Waals surface area contributed by atoms with Crippen molar-refractivity contribution in [3.05, 3.63) is 52.3 Å². The zero-order valence-corrected chi connectivity index (χ0v) is 14.7. The number of hydrogen-bond donors (Lipinski definition) is 1. The summed E-state index contributed by atoms with van der Waals surface area (Å²) < 4.78 is 0. The Labute approximate surface area is 152 Å². The van der Waals surface area contributed by atoms with Gasteiger partial charge in [-0.25, -0.2) is 0 Å². The van der Waals surface area contributed by atoms with Crippen LogP contribution in [0.3, 0.4) is 0 Å². The second kappa shape index (κ2) is 6.34. The Hall–Kier alpha value is -2.64. The van der Waals surface area contributed by atoms with Crippen LogP contribution in [0, 0.1) is 0 Å². The van der Waals surface area contributed by atoms with Gasteiger partial charge in [-0.1, -0.05) is 29.0 Å². The molecule has 4 rings (SSSR count). The van der Waals surface area contributed by atoms with Crippen LogP contribution in [0.4, 0.5) is 10.8 Å². The minimum absolute atomic E-state index is 0.0868. The van der Waals surface area contributed by atoms with Crippen molar-refractivity contribution in [3.8, 4) is 10.6 Å². The number of ketones is 1. The molecule has 3 heterocycles. The SMILES string of the molecule is CC(=O)c1cc(-c2nnc(Nc3ccc4c(c3Cl)C=NC4)s2)ccn1. The molecule has 2 aromatic heterocycles. The number of aliphatic imine (C=N–C) groups is 1. The van der Waals surface area contributed by atoms with E-state index in [1.807, 2.05) is 12.1 Å². The highest BCUT2D eigenvalue weighted by Gasteiger charge is 2.15. The minimum atomic E-state index is -0.0868. The number of benzene rings is 1. The number of halogens is 1. The lowest BCUT2D eigenvalue weighted by Crippen LogP contribution is -1.95. The first-order valence-corrected chi connectivity index (χ1v) is 8.70. The van der Waals surface area contributed by atoms with E-state index in [9.17, 15) is 4.79 Å². The summed E-state index contributed by atoms with van der Waals surface area (Å²) in [5, 5.41) is 13.5. The average molecular weight is 370 g/mol. The number of carbonyl (C=O) groups is 1. The zero-order valence-electron chi connectivity index (χ0n) is 13.2. The molecule has 0 unspecified atom stereocenters. The highest BCUT2D eigenvalue weighted by atomic mass is 35.5. The lowest BCUT2D eigenvalue weighted by Gasteiger charge is -2.08. The number of rotatable bonds is 4. The largest absolute Gasteiger partial charge is 0.329 e. The Morgan fingerprint density at radius 2 is 2.16 bits per heavy atom. The predicted molar refractivity (Wildman–Crippen MR) is 99.2 cm³/mol. The van der Waals surface area contributed by atoms with Gasteiger partial charge in [0.05, 0.1) is 17.3 Å². The van der Waals surface area contributed by atoms with Crippen molar-refractivity contribution < 1.29 is 4.79 Å². The number of nitrogens with zero attached hydrogens (tertiary/aromatic N) is 4. The molecule has 0 radical (unpaired) electrons. The Morgan fingerprint density at radius 3 is 3.00 bits per heavy atom. The molecule has 1 aromatic carbocycles. The third-order valence-electron chi connectivity index (χ3n) is 3.79. The molecular weight excluding hydrogens is 358 g/mol. The van der Waals surface area contributed by atoms with E-state index < -0.39 is 0 Å². The van der Waals surface area contributed by atoms with Gasteiger partial charge >= 0.3 is 0 Å². The Kier molecular flexibility index (Phi) is 4.03. The summed E-state index contributed by atoms with van der Waals surface area (Å²) in [4.78, 5) is 19.7. The molecule has 1 aliphatic heterocycles. The summed E-state index contributed by atoms with van der Waals surface area (Å²) in [5.41, 5.74) is 4.02. The highest BCUT2D eigenvalue weighted by Crippen LogP contribution is 2.34. The Morgan fingerprint density at radius 1 is 1.28 bits per heavy atom. The van der Waals surface area contributed by atoms with Crippen LogP contribution >= 0.6 is 22.9 Å². The average Bonchev–Trinajstić information content (AvgIpc) is 3.27. The molecule has 0 saturated heterocycles. The molecule has 8 heteroatoms. The first-order valence-electron chi connectivity index (χ1n) is 7.51.